The number of carboxylic acid groups (broad SMARTS) is 1. The van der Waals surface area contributed by atoms with Crippen molar-refractivity contribution in [3.05, 3.63) is 11.6 Å². The summed E-state index contributed by atoms with van der Waals surface area (Å²) in [6, 6.07) is 0. The number of fused-ring (bicyclic) bond motifs is 5. The second-order valence-corrected chi connectivity index (χ2v) is 9.37. The molecule has 0 radical (unpaired) electrons. The van der Waals surface area contributed by atoms with Gasteiger partial charge >= 0.3 is 5.97 Å². The van der Waals surface area contributed by atoms with Gasteiger partial charge in [0, 0.05) is 17.8 Å². The Morgan fingerprint density at radius 2 is 2.07 bits per heavy atom. The van der Waals surface area contributed by atoms with E-state index in [9.17, 15) is 14.7 Å². The van der Waals surface area contributed by atoms with Crippen LogP contribution in [0.2, 0.25) is 0 Å². The van der Waals surface area contributed by atoms with E-state index >= 15 is 0 Å². The van der Waals surface area contributed by atoms with Crippen LogP contribution in [0.1, 0.15) is 58.8 Å². The molecule has 6 atom stereocenters. The van der Waals surface area contributed by atoms with E-state index < -0.39 is 12.6 Å². The van der Waals surface area contributed by atoms with Crippen molar-refractivity contribution in [2.75, 3.05) is 6.61 Å². The SMILES string of the molecule is C[C@]12CC(=O)[C@H]3[C@@H](CCC4=C/C(=N/OCC(=O)O)CC[C@@]43C)[C@@H]1CC[C@@H]2O. The smallest absolute Gasteiger partial charge is 0.344 e. The summed E-state index contributed by atoms with van der Waals surface area (Å²) in [5.74, 6) is 0.0975. The first-order valence-corrected chi connectivity index (χ1v) is 10.1. The van der Waals surface area contributed by atoms with Crippen LogP contribution in [0.5, 0.6) is 0 Å². The number of hydrogen-bond donors (Lipinski definition) is 2. The molecule has 148 valence electrons. The van der Waals surface area contributed by atoms with E-state index in [1.807, 2.05) is 6.08 Å². The largest absolute Gasteiger partial charge is 0.479 e. The lowest BCUT2D eigenvalue weighted by molar-refractivity contribution is -0.148. The van der Waals surface area contributed by atoms with Gasteiger partial charge in [0.2, 0.25) is 6.61 Å². The highest BCUT2D eigenvalue weighted by Crippen LogP contribution is 2.64. The molecule has 4 rings (SSSR count). The third kappa shape index (κ3) is 2.84. The second-order valence-electron chi connectivity index (χ2n) is 9.37. The molecular formula is C21H29NO5. The van der Waals surface area contributed by atoms with Crippen LogP contribution in [0, 0.1) is 28.6 Å². The van der Waals surface area contributed by atoms with Crippen molar-refractivity contribution in [2.24, 2.45) is 33.7 Å². The Hall–Kier alpha value is -1.69. The zero-order valence-electron chi connectivity index (χ0n) is 16.1. The number of nitrogens with zero attached hydrogens (tertiary/aromatic N) is 1. The highest BCUT2D eigenvalue weighted by Gasteiger charge is 2.61. The van der Waals surface area contributed by atoms with Crippen molar-refractivity contribution in [1.82, 2.24) is 0 Å². The highest BCUT2D eigenvalue weighted by atomic mass is 16.6. The van der Waals surface area contributed by atoms with E-state index in [0.29, 0.717) is 30.5 Å². The molecule has 3 fully saturated rings. The summed E-state index contributed by atoms with van der Waals surface area (Å²) >= 11 is 0. The summed E-state index contributed by atoms with van der Waals surface area (Å²) in [4.78, 5) is 28.7. The lowest BCUT2D eigenvalue weighted by Gasteiger charge is -2.56. The molecule has 6 nitrogen and oxygen atoms in total. The number of aliphatic carboxylic acids is 1. The number of hydrogen-bond acceptors (Lipinski definition) is 5. The van der Waals surface area contributed by atoms with Crippen molar-refractivity contribution in [2.45, 2.75) is 64.9 Å². The van der Waals surface area contributed by atoms with Crippen molar-refractivity contribution in [1.29, 1.82) is 0 Å². The van der Waals surface area contributed by atoms with Gasteiger partial charge in [-0.25, -0.2) is 4.79 Å². The number of carbonyl (C=O) groups excluding carboxylic acids is 1. The summed E-state index contributed by atoms with van der Waals surface area (Å²) in [5, 5.41) is 23.2. The molecule has 27 heavy (non-hydrogen) atoms. The van der Waals surface area contributed by atoms with Gasteiger partial charge in [-0.05, 0) is 61.9 Å². The van der Waals surface area contributed by atoms with Crippen LogP contribution in [-0.2, 0) is 14.4 Å². The Balaban J connectivity index is 1.60. The van der Waals surface area contributed by atoms with Crippen molar-refractivity contribution >= 4 is 17.5 Å². The summed E-state index contributed by atoms with van der Waals surface area (Å²) in [6.45, 7) is 3.90. The van der Waals surface area contributed by atoms with Gasteiger partial charge in [0.25, 0.3) is 0 Å². The van der Waals surface area contributed by atoms with Crippen LogP contribution in [0.15, 0.2) is 16.8 Å². The van der Waals surface area contributed by atoms with Gasteiger partial charge in [0.05, 0.1) is 11.8 Å². The summed E-state index contributed by atoms with van der Waals surface area (Å²) in [6.07, 6.45) is 7.46. The minimum atomic E-state index is -1.04. The number of carboxylic acids is 1. The lowest BCUT2D eigenvalue weighted by atomic mass is 9.47. The molecule has 0 spiro atoms. The molecule has 0 aliphatic heterocycles. The Kier molecular flexibility index (Phi) is 4.45. The molecule has 0 saturated heterocycles. The topological polar surface area (TPSA) is 96.2 Å². The minimum absolute atomic E-state index is 0.0300. The predicted molar refractivity (Wildman–Crippen MR) is 99.1 cm³/mol. The molecule has 4 aliphatic rings. The van der Waals surface area contributed by atoms with Crippen LogP contribution >= 0.6 is 0 Å². The molecule has 0 aromatic carbocycles. The first-order chi connectivity index (χ1) is 12.8. The molecular weight excluding hydrogens is 346 g/mol. The Morgan fingerprint density at radius 1 is 1.30 bits per heavy atom. The first-order valence-electron chi connectivity index (χ1n) is 10.1. The van der Waals surface area contributed by atoms with Crippen LogP contribution in [0.3, 0.4) is 0 Å². The zero-order chi connectivity index (χ0) is 19.4. The molecule has 0 heterocycles. The summed E-state index contributed by atoms with van der Waals surface area (Å²) < 4.78 is 0. The number of oxime groups is 1. The van der Waals surface area contributed by atoms with E-state index in [2.05, 4.69) is 19.0 Å². The quantitative estimate of drug-likeness (QED) is 0.740. The van der Waals surface area contributed by atoms with E-state index in [0.717, 1.165) is 37.8 Å². The number of rotatable bonds is 3. The molecule has 0 amide bonds. The Morgan fingerprint density at radius 3 is 2.81 bits per heavy atom. The molecule has 6 heteroatoms. The van der Waals surface area contributed by atoms with E-state index in [1.165, 1.54) is 5.57 Å². The molecule has 2 N–H and O–H groups in total. The molecule has 4 aliphatic carbocycles. The van der Waals surface area contributed by atoms with Crippen LogP contribution in [0.25, 0.3) is 0 Å². The average Bonchev–Trinajstić information content (AvgIpc) is 2.89. The van der Waals surface area contributed by atoms with Gasteiger partial charge in [0.1, 0.15) is 5.78 Å². The number of aliphatic hydroxyl groups is 1. The maximum Gasteiger partial charge on any atom is 0.344 e. The molecule has 0 aromatic heterocycles. The average molecular weight is 375 g/mol. The Bertz CT molecular complexity index is 728. The number of Topliss-reactive ketones (excluding diaryl/α,β-unsaturated/α-hetero) is 1. The van der Waals surface area contributed by atoms with Gasteiger partial charge in [-0.3, -0.25) is 4.79 Å². The molecule has 3 saturated carbocycles. The van der Waals surface area contributed by atoms with Crippen molar-refractivity contribution < 1.29 is 24.6 Å². The zero-order valence-corrected chi connectivity index (χ0v) is 16.1. The monoisotopic (exact) mass is 375 g/mol. The van der Waals surface area contributed by atoms with Gasteiger partial charge < -0.3 is 15.1 Å². The Labute approximate surface area is 159 Å². The first kappa shape index (κ1) is 18.7. The normalized spacial score (nSPS) is 44.9. The number of aliphatic hydroxyl groups excluding tert-OH is 1. The van der Waals surface area contributed by atoms with E-state index in [1.54, 1.807) is 0 Å². The summed E-state index contributed by atoms with van der Waals surface area (Å²) in [7, 11) is 0. The van der Waals surface area contributed by atoms with Crippen LogP contribution in [0.4, 0.5) is 0 Å². The minimum Gasteiger partial charge on any atom is -0.479 e. The fraction of sp³-hybridized carbons (Fsp3) is 0.762. The highest BCUT2D eigenvalue weighted by molar-refractivity contribution is 5.97. The van der Waals surface area contributed by atoms with Gasteiger partial charge in [-0.15, -0.1) is 0 Å². The number of carbonyl (C=O) groups is 2. The third-order valence-electron chi connectivity index (χ3n) is 7.98. The third-order valence-corrected chi connectivity index (χ3v) is 7.98. The van der Waals surface area contributed by atoms with Crippen LogP contribution < -0.4 is 0 Å². The van der Waals surface area contributed by atoms with E-state index in [4.69, 9.17) is 9.94 Å². The van der Waals surface area contributed by atoms with Crippen LogP contribution in [-0.4, -0.2) is 40.4 Å². The van der Waals surface area contributed by atoms with Gasteiger partial charge in [-0.2, -0.15) is 0 Å². The molecule has 0 bridgehead atoms. The van der Waals surface area contributed by atoms with Crippen molar-refractivity contribution in [3.8, 4) is 0 Å². The maximum absolute atomic E-state index is 13.3. The van der Waals surface area contributed by atoms with E-state index in [-0.39, 0.29) is 22.9 Å². The fourth-order valence-electron chi connectivity index (χ4n) is 6.61. The maximum atomic E-state index is 13.3. The lowest BCUT2D eigenvalue weighted by Crippen LogP contribution is -2.55. The number of ketones is 1. The van der Waals surface area contributed by atoms with Crippen molar-refractivity contribution in [3.63, 3.8) is 0 Å². The molecule has 0 unspecified atom stereocenters. The van der Waals surface area contributed by atoms with Gasteiger partial charge in [-0.1, -0.05) is 24.6 Å². The fourth-order valence-corrected chi connectivity index (χ4v) is 6.61. The predicted octanol–water partition coefficient (Wildman–Crippen LogP) is 2.95. The van der Waals surface area contributed by atoms with Gasteiger partial charge in [0.15, 0.2) is 0 Å². The number of allylic oxidation sites excluding steroid dienone is 2. The molecule has 0 aromatic rings. The standard InChI is InChI=1S/C21H29NO5/c1-20-8-7-13(22-27-11-18(25)26)9-12(20)3-4-14-15-5-6-17(24)21(15,2)10-16(23)19(14)20/h9,14-15,17,19,24H,3-8,10-11H2,1-2H3,(H,25,26)/b22-13+/t14-,15-,17-,19+,20-,21-/m0/s1. The second kappa shape index (κ2) is 6.43. The summed E-state index contributed by atoms with van der Waals surface area (Å²) in [5.41, 5.74) is 1.62.